The Morgan fingerprint density at radius 2 is 1.64 bits per heavy atom. The lowest BCUT2D eigenvalue weighted by atomic mass is 10.0. The number of carbonyl (C=O) groups excluding carboxylic acids is 2. The summed E-state index contributed by atoms with van der Waals surface area (Å²) in [6, 6.07) is 19.6. The highest BCUT2D eigenvalue weighted by atomic mass is 35.5. The molecule has 0 aliphatic heterocycles. The van der Waals surface area contributed by atoms with Crippen molar-refractivity contribution in [1.29, 1.82) is 0 Å². The van der Waals surface area contributed by atoms with Crippen molar-refractivity contribution in [3.63, 3.8) is 0 Å². The van der Waals surface area contributed by atoms with Crippen LogP contribution in [-0.4, -0.2) is 56.6 Å². The lowest BCUT2D eigenvalue weighted by Gasteiger charge is -2.34. The van der Waals surface area contributed by atoms with Gasteiger partial charge in [0, 0.05) is 29.1 Å². The van der Waals surface area contributed by atoms with Crippen molar-refractivity contribution in [2.75, 3.05) is 23.7 Å². The van der Waals surface area contributed by atoms with Crippen LogP contribution in [0.25, 0.3) is 0 Å². The molecule has 0 radical (unpaired) electrons. The maximum absolute atomic E-state index is 14.2. The molecule has 0 bridgehead atoms. The van der Waals surface area contributed by atoms with Crippen molar-refractivity contribution >= 4 is 50.7 Å². The highest BCUT2D eigenvalue weighted by Crippen LogP contribution is 2.26. The monoisotopic (exact) mass is 633 g/mol. The Hall–Kier alpha value is -3.27. The van der Waals surface area contributed by atoms with E-state index in [1.54, 1.807) is 42.5 Å². The van der Waals surface area contributed by atoms with Crippen LogP contribution in [0.15, 0.2) is 72.8 Å². The van der Waals surface area contributed by atoms with Crippen molar-refractivity contribution < 1.29 is 22.7 Å². The first-order valence-electron chi connectivity index (χ1n) is 13.7. The molecule has 0 spiro atoms. The molecule has 2 atom stereocenters. The van der Waals surface area contributed by atoms with Gasteiger partial charge in [-0.25, -0.2) is 8.42 Å². The van der Waals surface area contributed by atoms with Gasteiger partial charge < -0.3 is 15.0 Å². The number of benzene rings is 3. The minimum absolute atomic E-state index is 0.0405. The summed E-state index contributed by atoms with van der Waals surface area (Å²) in [6.07, 6.45) is 1.94. The average molecular weight is 635 g/mol. The summed E-state index contributed by atoms with van der Waals surface area (Å²) in [6.45, 7) is 5.57. The van der Waals surface area contributed by atoms with E-state index in [0.717, 1.165) is 16.1 Å². The van der Waals surface area contributed by atoms with Crippen molar-refractivity contribution in [2.24, 2.45) is 0 Å². The zero-order valence-electron chi connectivity index (χ0n) is 24.2. The van der Waals surface area contributed by atoms with E-state index >= 15 is 0 Å². The fraction of sp³-hybridized carbons (Fsp3) is 0.355. The van der Waals surface area contributed by atoms with E-state index < -0.39 is 28.5 Å². The Labute approximate surface area is 258 Å². The van der Waals surface area contributed by atoms with Gasteiger partial charge >= 0.3 is 0 Å². The molecule has 0 saturated heterocycles. The maximum Gasteiger partial charge on any atom is 0.244 e. The number of sulfonamides is 1. The van der Waals surface area contributed by atoms with Crippen LogP contribution in [0.5, 0.6) is 5.75 Å². The molecule has 0 heterocycles. The standard InChI is InChI=1S/C31H37Cl2N3O5S/c1-5-22(3)34-31(38)29(18-23-10-8-7-9-11-23)35(20-24-12-13-25(32)19-28(24)33)30(37)21-36(42(4,39)40)26-14-16-27(17-15-26)41-6-2/h7-17,19,22,29H,5-6,18,20-21H2,1-4H3,(H,34,38)/t22-,29+/m0/s1. The van der Waals surface area contributed by atoms with Crippen LogP contribution in [-0.2, 0) is 32.6 Å². The molecule has 1 N–H and O–H groups in total. The third kappa shape index (κ3) is 9.37. The molecule has 3 aromatic rings. The Balaban J connectivity index is 2.07. The van der Waals surface area contributed by atoms with Crippen LogP contribution in [0.4, 0.5) is 5.69 Å². The number of hydrogen-bond acceptors (Lipinski definition) is 5. The normalized spacial score (nSPS) is 12.7. The number of carbonyl (C=O) groups is 2. The number of halogens is 2. The van der Waals surface area contributed by atoms with E-state index in [4.69, 9.17) is 27.9 Å². The molecule has 0 saturated carbocycles. The Morgan fingerprint density at radius 1 is 0.976 bits per heavy atom. The molecule has 11 heteroatoms. The first-order chi connectivity index (χ1) is 19.9. The zero-order valence-corrected chi connectivity index (χ0v) is 26.5. The Morgan fingerprint density at radius 3 is 2.21 bits per heavy atom. The van der Waals surface area contributed by atoms with Gasteiger partial charge in [0.25, 0.3) is 0 Å². The molecule has 0 aromatic heterocycles. The van der Waals surface area contributed by atoms with E-state index in [1.165, 1.54) is 4.90 Å². The smallest absolute Gasteiger partial charge is 0.244 e. The molecule has 42 heavy (non-hydrogen) atoms. The van der Waals surface area contributed by atoms with Gasteiger partial charge in [-0.05, 0) is 67.8 Å². The third-order valence-corrected chi connectivity index (χ3v) is 8.47. The van der Waals surface area contributed by atoms with E-state index in [2.05, 4.69) is 5.32 Å². The topological polar surface area (TPSA) is 96.0 Å². The van der Waals surface area contributed by atoms with Gasteiger partial charge in [0.15, 0.2) is 0 Å². The van der Waals surface area contributed by atoms with Gasteiger partial charge in [-0.1, -0.05) is 66.5 Å². The van der Waals surface area contributed by atoms with Crippen LogP contribution in [0.1, 0.15) is 38.3 Å². The summed E-state index contributed by atoms with van der Waals surface area (Å²) in [5, 5.41) is 3.75. The SMILES string of the molecule is CCOc1ccc(N(CC(=O)N(Cc2ccc(Cl)cc2Cl)[C@H](Cc2ccccc2)C(=O)N[C@@H](C)CC)S(C)(=O)=O)cc1. The molecule has 3 aromatic carbocycles. The maximum atomic E-state index is 14.2. The second kappa shape index (κ2) is 15.3. The lowest BCUT2D eigenvalue weighted by Crippen LogP contribution is -2.54. The quantitative estimate of drug-likeness (QED) is 0.245. The molecule has 0 unspecified atom stereocenters. The fourth-order valence-corrected chi connectivity index (χ4v) is 5.64. The molecule has 8 nitrogen and oxygen atoms in total. The van der Waals surface area contributed by atoms with E-state index in [-0.39, 0.29) is 24.9 Å². The molecule has 3 rings (SSSR count). The van der Waals surface area contributed by atoms with Crippen molar-refractivity contribution in [3.05, 3.63) is 94.0 Å². The van der Waals surface area contributed by atoms with Gasteiger partial charge in [0.05, 0.1) is 18.6 Å². The van der Waals surface area contributed by atoms with Gasteiger partial charge in [0.2, 0.25) is 21.8 Å². The van der Waals surface area contributed by atoms with Crippen molar-refractivity contribution in [1.82, 2.24) is 10.2 Å². The van der Waals surface area contributed by atoms with Crippen LogP contribution in [0.2, 0.25) is 10.0 Å². The highest BCUT2D eigenvalue weighted by molar-refractivity contribution is 7.92. The Bertz CT molecular complexity index is 1450. The minimum atomic E-state index is -3.89. The van der Waals surface area contributed by atoms with Gasteiger partial charge in [-0.2, -0.15) is 0 Å². The summed E-state index contributed by atoms with van der Waals surface area (Å²) in [5.41, 5.74) is 1.70. The van der Waals surface area contributed by atoms with Crippen molar-refractivity contribution in [2.45, 2.75) is 52.2 Å². The van der Waals surface area contributed by atoms with Crippen LogP contribution >= 0.6 is 23.2 Å². The number of ether oxygens (including phenoxy) is 1. The second-order valence-electron chi connectivity index (χ2n) is 9.98. The first kappa shape index (κ1) is 33.2. The van der Waals surface area contributed by atoms with Crippen LogP contribution < -0.4 is 14.4 Å². The van der Waals surface area contributed by atoms with E-state index in [1.807, 2.05) is 51.1 Å². The third-order valence-electron chi connectivity index (χ3n) is 6.74. The van der Waals surface area contributed by atoms with Crippen LogP contribution in [0, 0.1) is 0 Å². The average Bonchev–Trinajstić information content (AvgIpc) is 2.95. The molecule has 226 valence electrons. The minimum Gasteiger partial charge on any atom is -0.494 e. The number of amides is 2. The molecular formula is C31H37Cl2N3O5S. The summed E-state index contributed by atoms with van der Waals surface area (Å²) in [7, 11) is -3.89. The molecule has 0 fully saturated rings. The van der Waals surface area contributed by atoms with Gasteiger partial charge in [-0.3, -0.25) is 13.9 Å². The molecule has 0 aliphatic rings. The predicted octanol–water partition coefficient (Wildman–Crippen LogP) is 5.71. The van der Waals surface area contributed by atoms with E-state index in [9.17, 15) is 18.0 Å². The number of nitrogens with one attached hydrogen (secondary N) is 1. The van der Waals surface area contributed by atoms with Gasteiger partial charge in [0.1, 0.15) is 18.3 Å². The lowest BCUT2D eigenvalue weighted by molar-refractivity contribution is -0.140. The van der Waals surface area contributed by atoms with Crippen molar-refractivity contribution in [3.8, 4) is 5.75 Å². The second-order valence-corrected chi connectivity index (χ2v) is 12.7. The number of hydrogen-bond donors (Lipinski definition) is 1. The number of nitrogens with zero attached hydrogens (tertiary/aromatic N) is 2. The predicted molar refractivity (Wildman–Crippen MR) is 169 cm³/mol. The first-order valence-corrected chi connectivity index (χ1v) is 16.3. The molecule has 0 aliphatic carbocycles. The summed E-state index contributed by atoms with van der Waals surface area (Å²) in [5.74, 6) is -0.344. The van der Waals surface area contributed by atoms with E-state index in [0.29, 0.717) is 40.1 Å². The van der Waals surface area contributed by atoms with Crippen LogP contribution in [0.3, 0.4) is 0 Å². The molecule has 2 amide bonds. The summed E-state index contributed by atoms with van der Waals surface area (Å²) in [4.78, 5) is 29.3. The number of rotatable bonds is 14. The molecular weight excluding hydrogens is 597 g/mol. The number of anilines is 1. The summed E-state index contributed by atoms with van der Waals surface area (Å²) < 4.78 is 32.4. The highest BCUT2D eigenvalue weighted by Gasteiger charge is 2.33. The fourth-order valence-electron chi connectivity index (χ4n) is 4.32. The zero-order chi connectivity index (χ0) is 30.9. The summed E-state index contributed by atoms with van der Waals surface area (Å²) >= 11 is 12.6. The Kier molecular flexibility index (Phi) is 12.1. The largest absolute Gasteiger partial charge is 0.494 e. The van der Waals surface area contributed by atoms with Gasteiger partial charge in [-0.15, -0.1) is 0 Å².